The van der Waals surface area contributed by atoms with Crippen LogP contribution in [0.1, 0.15) is 42.4 Å². The number of nitrogens with two attached hydrogens (primary N) is 1. The van der Waals surface area contributed by atoms with Crippen LogP contribution in [-0.2, 0) is 18.4 Å². The van der Waals surface area contributed by atoms with Gasteiger partial charge in [-0.25, -0.2) is 0 Å². The van der Waals surface area contributed by atoms with E-state index in [2.05, 4.69) is 22.0 Å². The number of benzene rings is 1. The minimum Gasteiger partial charge on any atom is -0.506 e. The molecule has 0 aromatic heterocycles. The van der Waals surface area contributed by atoms with Gasteiger partial charge in [0.2, 0.25) is 0 Å². The van der Waals surface area contributed by atoms with Crippen molar-refractivity contribution in [3.05, 3.63) is 27.2 Å². The lowest BCUT2D eigenvalue weighted by Gasteiger charge is -2.24. The standard InChI is InChI=1S/C13H16BrNO/c14-10-7-8-3-1-2-4-9(8)11(12(10)16)13(15)5-6-13/h7,16H,1-6,15H2. The van der Waals surface area contributed by atoms with Crippen LogP contribution in [0.25, 0.3) is 0 Å². The molecule has 0 spiro atoms. The van der Waals surface area contributed by atoms with Crippen molar-refractivity contribution in [1.82, 2.24) is 0 Å². The number of halogens is 1. The highest BCUT2D eigenvalue weighted by molar-refractivity contribution is 9.10. The maximum Gasteiger partial charge on any atom is 0.135 e. The Bertz CT molecular complexity index is 452. The zero-order valence-corrected chi connectivity index (χ0v) is 10.8. The minimum absolute atomic E-state index is 0.241. The minimum atomic E-state index is -0.241. The van der Waals surface area contributed by atoms with Gasteiger partial charge in [-0.05, 0) is 71.6 Å². The molecule has 2 aliphatic carbocycles. The number of fused-ring (bicyclic) bond motifs is 1. The van der Waals surface area contributed by atoms with Gasteiger partial charge in [-0.1, -0.05) is 0 Å². The Morgan fingerprint density at radius 1 is 1.25 bits per heavy atom. The monoisotopic (exact) mass is 281 g/mol. The van der Waals surface area contributed by atoms with Crippen molar-refractivity contribution >= 4 is 15.9 Å². The van der Waals surface area contributed by atoms with Gasteiger partial charge in [-0.2, -0.15) is 0 Å². The topological polar surface area (TPSA) is 46.2 Å². The molecule has 2 nitrogen and oxygen atoms in total. The van der Waals surface area contributed by atoms with Gasteiger partial charge in [0.15, 0.2) is 0 Å². The molecule has 1 aromatic carbocycles. The highest BCUT2D eigenvalue weighted by Gasteiger charge is 2.44. The second-order valence-electron chi connectivity index (χ2n) is 5.08. The summed E-state index contributed by atoms with van der Waals surface area (Å²) < 4.78 is 0.805. The van der Waals surface area contributed by atoms with Gasteiger partial charge in [0.1, 0.15) is 5.75 Å². The summed E-state index contributed by atoms with van der Waals surface area (Å²) in [7, 11) is 0. The second kappa shape index (κ2) is 3.47. The molecule has 0 bridgehead atoms. The van der Waals surface area contributed by atoms with Gasteiger partial charge < -0.3 is 10.8 Å². The zero-order valence-electron chi connectivity index (χ0n) is 9.22. The predicted molar refractivity (Wildman–Crippen MR) is 67.5 cm³/mol. The Morgan fingerprint density at radius 2 is 1.94 bits per heavy atom. The predicted octanol–water partition coefficient (Wildman–Crippen LogP) is 2.98. The van der Waals surface area contributed by atoms with Crippen LogP contribution in [0.4, 0.5) is 0 Å². The summed E-state index contributed by atoms with van der Waals surface area (Å²) in [6, 6.07) is 2.07. The van der Waals surface area contributed by atoms with E-state index < -0.39 is 0 Å². The highest BCUT2D eigenvalue weighted by atomic mass is 79.9. The second-order valence-corrected chi connectivity index (χ2v) is 5.94. The Morgan fingerprint density at radius 3 is 2.62 bits per heavy atom. The molecule has 0 unspecified atom stereocenters. The van der Waals surface area contributed by atoms with Crippen LogP contribution in [0.5, 0.6) is 5.75 Å². The summed E-state index contributed by atoms with van der Waals surface area (Å²) in [6.45, 7) is 0. The summed E-state index contributed by atoms with van der Waals surface area (Å²) in [5.74, 6) is 0.376. The summed E-state index contributed by atoms with van der Waals surface area (Å²) in [4.78, 5) is 0. The Labute approximate surface area is 104 Å². The van der Waals surface area contributed by atoms with Crippen LogP contribution in [0, 0.1) is 0 Å². The van der Waals surface area contributed by atoms with E-state index in [4.69, 9.17) is 5.73 Å². The largest absolute Gasteiger partial charge is 0.506 e. The zero-order chi connectivity index (χ0) is 11.3. The van der Waals surface area contributed by atoms with Crippen molar-refractivity contribution in [2.24, 2.45) is 5.73 Å². The molecule has 86 valence electrons. The Hall–Kier alpha value is -0.540. The number of phenols is 1. The summed E-state index contributed by atoms with van der Waals surface area (Å²) in [5.41, 5.74) is 9.77. The van der Waals surface area contributed by atoms with Gasteiger partial charge in [-0.15, -0.1) is 0 Å². The molecule has 0 aliphatic heterocycles. The highest BCUT2D eigenvalue weighted by Crippen LogP contribution is 2.51. The van der Waals surface area contributed by atoms with Crippen LogP contribution >= 0.6 is 15.9 Å². The normalized spacial score (nSPS) is 21.6. The molecule has 0 saturated heterocycles. The Kier molecular flexibility index (Phi) is 2.30. The molecule has 3 rings (SSSR count). The number of phenolic OH excluding ortho intramolecular Hbond substituents is 1. The fraction of sp³-hybridized carbons (Fsp3) is 0.538. The van der Waals surface area contributed by atoms with Crippen molar-refractivity contribution in [2.45, 2.75) is 44.1 Å². The van der Waals surface area contributed by atoms with E-state index in [1.807, 2.05) is 0 Å². The third kappa shape index (κ3) is 1.49. The van der Waals surface area contributed by atoms with Crippen molar-refractivity contribution in [2.75, 3.05) is 0 Å². The molecule has 3 N–H and O–H groups in total. The molecule has 16 heavy (non-hydrogen) atoms. The van der Waals surface area contributed by atoms with E-state index in [1.165, 1.54) is 24.0 Å². The molecular weight excluding hydrogens is 266 g/mol. The van der Waals surface area contributed by atoms with E-state index >= 15 is 0 Å². The van der Waals surface area contributed by atoms with Crippen LogP contribution in [0.15, 0.2) is 10.5 Å². The van der Waals surface area contributed by atoms with Gasteiger partial charge in [0.25, 0.3) is 0 Å². The Balaban J connectivity index is 2.23. The molecular formula is C13H16BrNO. The quantitative estimate of drug-likeness (QED) is 0.831. The summed E-state index contributed by atoms with van der Waals surface area (Å²) >= 11 is 3.44. The van der Waals surface area contributed by atoms with E-state index in [0.717, 1.165) is 35.7 Å². The van der Waals surface area contributed by atoms with Crippen molar-refractivity contribution < 1.29 is 5.11 Å². The maximum atomic E-state index is 10.2. The SMILES string of the molecule is NC1(c2c(O)c(Br)cc3c2CCCC3)CC1. The van der Waals surface area contributed by atoms with E-state index in [9.17, 15) is 5.11 Å². The average molecular weight is 282 g/mol. The lowest BCUT2D eigenvalue weighted by atomic mass is 9.84. The van der Waals surface area contributed by atoms with Crippen molar-refractivity contribution in [3.63, 3.8) is 0 Å². The number of hydrogen-bond acceptors (Lipinski definition) is 2. The van der Waals surface area contributed by atoms with Gasteiger partial charge in [-0.3, -0.25) is 0 Å². The number of aromatic hydroxyl groups is 1. The third-order valence-electron chi connectivity index (χ3n) is 3.86. The first-order valence-corrected chi connectivity index (χ1v) is 6.74. The lowest BCUT2D eigenvalue weighted by Crippen LogP contribution is -2.23. The first-order chi connectivity index (χ1) is 7.62. The lowest BCUT2D eigenvalue weighted by molar-refractivity contribution is 0.452. The first-order valence-electron chi connectivity index (χ1n) is 5.94. The molecule has 0 atom stereocenters. The van der Waals surface area contributed by atoms with Crippen LogP contribution < -0.4 is 5.73 Å². The van der Waals surface area contributed by atoms with E-state index in [-0.39, 0.29) is 5.54 Å². The number of hydrogen-bond donors (Lipinski definition) is 2. The van der Waals surface area contributed by atoms with Gasteiger partial charge >= 0.3 is 0 Å². The van der Waals surface area contributed by atoms with Crippen molar-refractivity contribution in [1.29, 1.82) is 0 Å². The first kappa shape index (κ1) is 10.6. The molecule has 0 radical (unpaired) electrons. The molecule has 1 fully saturated rings. The number of aryl methyl sites for hydroxylation is 1. The molecule has 1 aromatic rings. The molecule has 0 amide bonds. The fourth-order valence-electron chi connectivity index (χ4n) is 2.78. The molecule has 3 heteroatoms. The smallest absolute Gasteiger partial charge is 0.135 e. The van der Waals surface area contributed by atoms with E-state index in [0.29, 0.717) is 5.75 Å². The average Bonchev–Trinajstić information content (AvgIpc) is 2.99. The van der Waals surface area contributed by atoms with Crippen LogP contribution in [-0.4, -0.2) is 5.11 Å². The van der Waals surface area contributed by atoms with Gasteiger partial charge in [0.05, 0.1) is 4.47 Å². The summed E-state index contributed by atoms with van der Waals surface area (Å²) in [6.07, 6.45) is 6.67. The maximum absolute atomic E-state index is 10.2. The molecule has 1 saturated carbocycles. The van der Waals surface area contributed by atoms with Crippen molar-refractivity contribution in [3.8, 4) is 5.75 Å². The van der Waals surface area contributed by atoms with E-state index in [1.54, 1.807) is 0 Å². The third-order valence-corrected chi connectivity index (χ3v) is 4.47. The summed E-state index contributed by atoms with van der Waals surface area (Å²) in [5, 5.41) is 10.2. The fourth-order valence-corrected chi connectivity index (χ4v) is 3.25. The molecule has 0 heterocycles. The molecule has 2 aliphatic rings. The van der Waals surface area contributed by atoms with Gasteiger partial charge in [0, 0.05) is 11.1 Å². The van der Waals surface area contributed by atoms with Crippen LogP contribution in [0.3, 0.4) is 0 Å². The van der Waals surface area contributed by atoms with Crippen LogP contribution in [0.2, 0.25) is 0 Å². The number of rotatable bonds is 1.